The number of aromatic carboxylic acids is 1. The summed E-state index contributed by atoms with van der Waals surface area (Å²) in [5.41, 5.74) is 22.5. The van der Waals surface area contributed by atoms with Crippen molar-refractivity contribution in [2.45, 2.75) is 237 Å². The normalized spacial score (nSPS) is 13.4. The maximum absolute atomic E-state index is 15.8. The van der Waals surface area contributed by atoms with Gasteiger partial charge < -0.3 is 5.11 Å². The molecule has 0 saturated carbocycles. The zero-order valence-corrected chi connectivity index (χ0v) is 52.4. The Balaban J connectivity index is 2.27. The molecule has 6 aromatic carbocycles. The summed E-state index contributed by atoms with van der Waals surface area (Å²) in [5.74, 6) is -0.933. The summed E-state index contributed by atoms with van der Waals surface area (Å²) in [6.07, 6.45) is 0. The molecular formula is C73H98O2. The molecule has 0 spiro atoms. The van der Waals surface area contributed by atoms with Crippen LogP contribution in [0.1, 0.15) is 243 Å². The van der Waals surface area contributed by atoms with Crippen molar-refractivity contribution in [1.82, 2.24) is 0 Å². The molecule has 0 aliphatic carbocycles. The van der Waals surface area contributed by atoms with E-state index in [4.69, 9.17) is 0 Å². The van der Waals surface area contributed by atoms with Crippen molar-refractivity contribution in [2.24, 2.45) is 0 Å². The SMILES string of the molecule is Cc1cc(-c2c(C(=O)O)c(-c3cc(C)c(C(C)(C)C)cc3C(C)(C)C)c(-c3cc(C)c(C(C)(C)C)cc3C(C)(C)C)c(-c3ccccc3)c2-c2cc(C)c(C(C)(C)C)cc2C(C)(C)C)c(C(C)(C)C)cc1C(C)(C)C. The molecule has 6 rings (SSSR count). The average molecular weight is 1010 g/mol. The molecule has 0 atom stereocenters. The quantitative estimate of drug-likeness (QED) is 0.181. The highest BCUT2D eigenvalue weighted by atomic mass is 16.4. The summed E-state index contributed by atoms with van der Waals surface area (Å²) in [4.78, 5) is 15.8. The first-order valence-electron chi connectivity index (χ1n) is 28.0. The molecule has 6 aromatic rings. The maximum atomic E-state index is 15.8. The lowest BCUT2D eigenvalue weighted by Gasteiger charge is -2.37. The third kappa shape index (κ3) is 11.6. The molecule has 0 aliphatic rings. The summed E-state index contributed by atoms with van der Waals surface area (Å²) in [6, 6.07) is 30.3. The fourth-order valence-electron chi connectivity index (χ4n) is 12.3. The molecular weight excluding hydrogens is 909 g/mol. The molecule has 402 valence electrons. The van der Waals surface area contributed by atoms with Crippen LogP contribution in [-0.4, -0.2) is 11.1 Å². The van der Waals surface area contributed by atoms with Gasteiger partial charge in [0, 0.05) is 11.1 Å². The summed E-state index contributed by atoms with van der Waals surface area (Å²) in [7, 11) is 0. The van der Waals surface area contributed by atoms with Crippen LogP contribution in [0.5, 0.6) is 0 Å². The number of hydrogen-bond acceptors (Lipinski definition) is 1. The number of carbonyl (C=O) groups is 1. The highest BCUT2D eigenvalue weighted by molar-refractivity contribution is 6.18. The Bertz CT molecular complexity index is 2990. The van der Waals surface area contributed by atoms with E-state index in [9.17, 15) is 5.11 Å². The first kappa shape index (κ1) is 59.0. The van der Waals surface area contributed by atoms with Crippen molar-refractivity contribution in [3.05, 3.63) is 151 Å². The van der Waals surface area contributed by atoms with E-state index >= 15 is 4.79 Å². The topological polar surface area (TPSA) is 37.3 Å². The van der Waals surface area contributed by atoms with E-state index in [2.05, 4.69) is 273 Å². The number of benzene rings is 6. The minimum absolute atomic E-state index is 0.136. The predicted octanol–water partition coefficient (Wildman–Crippen LogP) is 21.3. The first-order chi connectivity index (χ1) is 33.8. The minimum Gasteiger partial charge on any atom is -0.478 e. The second-order valence-electron chi connectivity index (χ2n) is 30.8. The number of carboxylic acids is 1. The Kier molecular flexibility index (Phi) is 15.2. The predicted molar refractivity (Wildman–Crippen MR) is 329 cm³/mol. The molecule has 2 heteroatoms. The molecule has 0 amide bonds. The molecule has 0 aromatic heterocycles. The van der Waals surface area contributed by atoms with Gasteiger partial charge in [0.15, 0.2) is 0 Å². The van der Waals surface area contributed by atoms with E-state index in [-0.39, 0.29) is 43.3 Å². The van der Waals surface area contributed by atoms with Gasteiger partial charge >= 0.3 is 5.97 Å². The van der Waals surface area contributed by atoms with Crippen molar-refractivity contribution >= 4 is 5.97 Å². The van der Waals surface area contributed by atoms with Gasteiger partial charge in [-0.05, 0) is 182 Å². The Morgan fingerprint density at radius 2 is 0.507 bits per heavy atom. The molecule has 0 fully saturated rings. The second kappa shape index (κ2) is 19.4. The molecule has 2 nitrogen and oxygen atoms in total. The van der Waals surface area contributed by atoms with Crippen LogP contribution in [0.15, 0.2) is 78.9 Å². The summed E-state index contributed by atoms with van der Waals surface area (Å²) in [5, 5.41) is 12.9. The largest absolute Gasteiger partial charge is 0.478 e. The highest BCUT2D eigenvalue weighted by Gasteiger charge is 2.40. The fraction of sp³-hybridized carbons (Fsp3) is 0.493. The highest BCUT2D eigenvalue weighted by Crippen LogP contribution is 2.59. The maximum Gasteiger partial charge on any atom is 0.337 e. The lowest BCUT2D eigenvalue weighted by Crippen LogP contribution is -2.22. The van der Waals surface area contributed by atoms with Crippen LogP contribution >= 0.6 is 0 Å². The van der Waals surface area contributed by atoms with Crippen LogP contribution in [0.4, 0.5) is 0 Å². The van der Waals surface area contributed by atoms with Crippen LogP contribution in [0.2, 0.25) is 0 Å². The van der Waals surface area contributed by atoms with E-state index < -0.39 is 5.97 Å². The lowest BCUT2D eigenvalue weighted by atomic mass is 9.66. The third-order valence-electron chi connectivity index (χ3n) is 15.8. The molecule has 75 heavy (non-hydrogen) atoms. The van der Waals surface area contributed by atoms with E-state index in [0.29, 0.717) is 5.56 Å². The number of carboxylic acid groups (broad SMARTS) is 1. The molecule has 0 unspecified atom stereocenters. The van der Waals surface area contributed by atoms with Crippen LogP contribution in [-0.2, 0) is 43.3 Å². The third-order valence-corrected chi connectivity index (χ3v) is 15.8. The van der Waals surface area contributed by atoms with Gasteiger partial charge in [0.2, 0.25) is 0 Å². The number of hydrogen-bond donors (Lipinski definition) is 1. The molecule has 0 saturated heterocycles. The zero-order valence-electron chi connectivity index (χ0n) is 52.4. The summed E-state index contributed by atoms with van der Waals surface area (Å²) >= 11 is 0. The van der Waals surface area contributed by atoms with Crippen LogP contribution < -0.4 is 0 Å². The summed E-state index contributed by atoms with van der Waals surface area (Å²) < 4.78 is 0. The van der Waals surface area contributed by atoms with Gasteiger partial charge in [-0.3, -0.25) is 0 Å². The monoisotopic (exact) mass is 1010 g/mol. The Hall–Kier alpha value is -5.21. The van der Waals surface area contributed by atoms with E-state index in [1.54, 1.807) is 0 Å². The molecule has 0 heterocycles. The van der Waals surface area contributed by atoms with Crippen LogP contribution in [0.25, 0.3) is 55.6 Å². The van der Waals surface area contributed by atoms with Gasteiger partial charge in [-0.25, -0.2) is 4.79 Å². The van der Waals surface area contributed by atoms with Crippen molar-refractivity contribution in [2.75, 3.05) is 0 Å². The van der Waals surface area contributed by atoms with Gasteiger partial charge in [-0.1, -0.05) is 245 Å². The molecule has 1 N–H and O–H groups in total. The van der Waals surface area contributed by atoms with Crippen molar-refractivity contribution in [3.63, 3.8) is 0 Å². The number of rotatable bonds is 6. The van der Waals surface area contributed by atoms with Gasteiger partial charge in [0.1, 0.15) is 0 Å². The molecule has 0 aliphatic heterocycles. The standard InChI is InChI=1S/C73H98O2/c1-42-34-47(55(70(17,18)19)38-51(42)66(5,6)7)60-59(46-32-30-29-31-33-46)61(48-35-43(2)52(67(8,9)10)39-56(48)71(20,21)22)63(50-37-45(4)54(69(14,15)16)41-58(50)73(26,27)28)64(65(74)75)62(60)49-36-44(3)53(68(11,12)13)40-57(49)72(23,24)25/h29-41H,1-28H3,(H,74,75). The Morgan fingerprint density at radius 3 is 0.707 bits per heavy atom. The average Bonchev–Trinajstić information content (AvgIpc) is 3.21. The van der Waals surface area contributed by atoms with Crippen molar-refractivity contribution in [3.8, 4) is 55.6 Å². The summed E-state index contributed by atoms with van der Waals surface area (Å²) in [6.45, 7) is 64.3. The van der Waals surface area contributed by atoms with Gasteiger partial charge in [0.05, 0.1) is 5.56 Å². The van der Waals surface area contributed by atoms with Crippen LogP contribution in [0.3, 0.4) is 0 Å². The smallest absolute Gasteiger partial charge is 0.337 e. The van der Waals surface area contributed by atoms with Crippen molar-refractivity contribution < 1.29 is 9.90 Å². The van der Waals surface area contributed by atoms with Crippen LogP contribution in [0, 0.1) is 27.7 Å². The zero-order chi connectivity index (χ0) is 57.0. The second-order valence-corrected chi connectivity index (χ2v) is 30.8. The van der Waals surface area contributed by atoms with Gasteiger partial charge in [0.25, 0.3) is 0 Å². The Labute approximate surface area is 457 Å². The Morgan fingerprint density at radius 1 is 0.293 bits per heavy atom. The molecule has 0 radical (unpaired) electrons. The van der Waals surface area contributed by atoms with E-state index in [1.807, 2.05) is 0 Å². The van der Waals surface area contributed by atoms with E-state index in [0.717, 1.165) is 77.9 Å². The molecule has 0 bridgehead atoms. The van der Waals surface area contributed by atoms with Crippen molar-refractivity contribution in [1.29, 1.82) is 0 Å². The van der Waals surface area contributed by atoms with Gasteiger partial charge in [-0.2, -0.15) is 0 Å². The first-order valence-corrected chi connectivity index (χ1v) is 28.0. The fourth-order valence-corrected chi connectivity index (χ4v) is 12.3. The van der Waals surface area contributed by atoms with Gasteiger partial charge in [-0.15, -0.1) is 0 Å². The number of aryl methyl sites for hydroxylation is 4. The van der Waals surface area contributed by atoms with E-state index in [1.165, 1.54) is 44.5 Å². The minimum atomic E-state index is -0.933. The lowest BCUT2D eigenvalue weighted by molar-refractivity contribution is 0.0698.